The number of amides is 1. The summed E-state index contributed by atoms with van der Waals surface area (Å²) in [7, 11) is 0. The highest BCUT2D eigenvalue weighted by Gasteiger charge is 2.39. The Morgan fingerprint density at radius 3 is 2.74 bits per heavy atom. The van der Waals surface area contributed by atoms with Gasteiger partial charge < -0.3 is 15.2 Å². The zero-order chi connectivity index (χ0) is 19.1. The highest BCUT2D eigenvalue weighted by atomic mass is 79.9. The van der Waals surface area contributed by atoms with Gasteiger partial charge in [-0.1, -0.05) is 22.9 Å². The van der Waals surface area contributed by atoms with E-state index in [1.54, 1.807) is 0 Å². The van der Waals surface area contributed by atoms with Crippen molar-refractivity contribution >= 4 is 32.9 Å². The molecule has 2 N–H and O–H groups in total. The number of carbonyl (C=O) groups excluding carboxylic acids is 1. The van der Waals surface area contributed by atoms with E-state index in [1.165, 1.54) is 0 Å². The molecule has 2 aromatic rings. The van der Waals surface area contributed by atoms with Crippen LogP contribution in [0.25, 0.3) is 11.0 Å². The molecule has 2 aliphatic rings. The summed E-state index contributed by atoms with van der Waals surface area (Å²) >= 11 is 3.46. The van der Waals surface area contributed by atoms with Gasteiger partial charge in [0, 0.05) is 42.1 Å². The topological polar surface area (TPSA) is 70.1 Å². The number of aromatic nitrogens is 2. The lowest BCUT2D eigenvalue weighted by Crippen LogP contribution is -2.45. The number of hydrogen-bond donors (Lipinski definition) is 2. The van der Waals surface area contributed by atoms with Crippen molar-refractivity contribution in [1.29, 1.82) is 0 Å². The van der Waals surface area contributed by atoms with E-state index in [0.717, 1.165) is 54.4 Å². The number of H-pyrrole nitrogens is 1. The first-order valence-electron chi connectivity index (χ1n) is 9.85. The SMILES string of the molecule is CC(CN1CCC(n2c(=O)[nH]c3cc(Br)ccc32)CC1)NC(=O)C1CC1C. The Kier molecular flexibility index (Phi) is 5.16. The van der Waals surface area contributed by atoms with Crippen LogP contribution in [0.2, 0.25) is 0 Å². The van der Waals surface area contributed by atoms with Crippen LogP contribution >= 0.6 is 15.9 Å². The fourth-order valence-electron chi connectivity index (χ4n) is 4.30. The van der Waals surface area contributed by atoms with Gasteiger partial charge in [-0.05, 0) is 50.3 Å². The molecule has 4 rings (SSSR count). The van der Waals surface area contributed by atoms with Crippen LogP contribution < -0.4 is 11.0 Å². The number of hydrogen-bond acceptors (Lipinski definition) is 3. The van der Waals surface area contributed by atoms with Crippen molar-refractivity contribution in [2.45, 2.75) is 45.2 Å². The van der Waals surface area contributed by atoms with E-state index in [9.17, 15) is 9.59 Å². The van der Waals surface area contributed by atoms with Crippen LogP contribution in [0.4, 0.5) is 0 Å². The van der Waals surface area contributed by atoms with Crippen molar-refractivity contribution in [3.63, 3.8) is 0 Å². The molecule has 2 fully saturated rings. The van der Waals surface area contributed by atoms with E-state index in [4.69, 9.17) is 0 Å². The molecule has 3 atom stereocenters. The summed E-state index contributed by atoms with van der Waals surface area (Å²) < 4.78 is 2.88. The van der Waals surface area contributed by atoms with E-state index in [0.29, 0.717) is 5.92 Å². The highest BCUT2D eigenvalue weighted by molar-refractivity contribution is 9.10. The second-order valence-electron chi connectivity index (χ2n) is 8.22. The van der Waals surface area contributed by atoms with Gasteiger partial charge in [0.25, 0.3) is 0 Å². The monoisotopic (exact) mass is 434 g/mol. The van der Waals surface area contributed by atoms with Gasteiger partial charge in [0.2, 0.25) is 5.91 Å². The van der Waals surface area contributed by atoms with Crippen molar-refractivity contribution in [3.8, 4) is 0 Å². The van der Waals surface area contributed by atoms with Gasteiger partial charge in [0.05, 0.1) is 11.0 Å². The molecule has 0 bridgehead atoms. The molecule has 27 heavy (non-hydrogen) atoms. The van der Waals surface area contributed by atoms with Crippen molar-refractivity contribution in [2.75, 3.05) is 19.6 Å². The van der Waals surface area contributed by atoms with Crippen LogP contribution in [0.15, 0.2) is 27.5 Å². The number of halogens is 1. The van der Waals surface area contributed by atoms with Crippen LogP contribution in [0, 0.1) is 11.8 Å². The molecule has 7 heteroatoms. The number of fused-ring (bicyclic) bond motifs is 1. The van der Waals surface area contributed by atoms with Crippen LogP contribution in [-0.4, -0.2) is 46.0 Å². The predicted molar refractivity (Wildman–Crippen MR) is 110 cm³/mol. The molecule has 2 heterocycles. The molecule has 3 unspecified atom stereocenters. The van der Waals surface area contributed by atoms with Gasteiger partial charge >= 0.3 is 5.69 Å². The maximum Gasteiger partial charge on any atom is 0.326 e. The number of benzene rings is 1. The summed E-state index contributed by atoms with van der Waals surface area (Å²) in [6, 6.07) is 6.32. The number of imidazole rings is 1. The summed E-state index contributed by atoms with van der Waals surface area (Å²) in [6.45, 7) is 6.97. The molecular weight excluding hydrogens is 408 g/mol. The fourth-order valence-corrected chi connectivity index (χ4v) is 4.66. The minimum absolute atomic E-state index is 0.0271. The normalized spacial score (nSPS) is 24.9. The van der Waals surface area contributed by atoms with Gasteiger partial charge in [0.15, 0.2) is 0 Å². The average Bonchev–Trinajstić information content (AvgIpc) is 3.26. The second-order valence-corrected chi connectivity index (χ2v) is 9.14. The van der Waals surface area contributed by atoms with Gasteiger partial charge in [0.1, 0.15) is 0 Å². The Bertz CT molecular complexity index is 897. The Balaban J connectivity index is 1.34. The third-order valence-corrected chi connectivity index (χ3v) is 6.46. The first-order chi connectivity index (χ1) is 12.9. The Labute approximate surface area is 167 Å². The molecule has 0 spiro atoms. The minimum atomic E-state index is -0.0271. The molecule has 1 saturated carbocycles. The summed E-state index contributed by atoms with van der Waals surface area (Å²) in [5.74, 6) is 0.983. The Morgan fingerprint density at radius 2 is 2.07 bits per heavy atom. The standard InChI is InChI=1S/C20H27BrN4O2/c1-12-9-16(12)19(26)22-13(2)11-24-7-5-15(6-8-24)25-18-4-3-14(21)10-17(18)23-20(25)27/h3-4,10,12-13,15-16H,5-9,11H2,1-2H3,(H,22,26)(H,23,27). The van der Waals surface area contributed by atoms with Gasteiger partial charge in [-0.15, -0.1) is 0 Å². The zero-order valence-corrected chi connectivity index (χ0v) is 17.5. The number of aromatic amines is 1. The van der Waals surface area contributed by atoms with Crippen molar-refractivity contribution in [2.24, 2.45) is 11.8 Å². The molecular formula is C20H27BrN4O2. The third-order valence-electron chi connectivity index (χ3n) is 5.97. The largest absolute Gasteiger partial charge is 0.352 e. The van der Waals surface area contributed by atoms with E-state index in [1.807, 2.05) is 22.8 Å². The molecule has 1 saturated heterocycles. The van der Waals surface area contributed by atoms with Gasteiger partial charge in [-0.2, -0.15) is 0 Å². The van der Waals surface area contributed by atoms with Crippen molar-refractivity contribution in [3.05, 3.63) is 33.2 Å². The first-order valence-corrected chi connectivity index (χ1v) is 10.6. The Hall–Kier alpha value is -1.60. The molecule has 0 radical (unpaired) electrons. The quantitative estimate of drug-likeness (QED) is 0.759. The van der Waals surface area contributed by atoms with Gasteiger partial charge in [-0.3, -0.25) is 9.36 Å². The van der Waals surface area contributed by atoms with Crippen molar-refractivity contribution < 1.29 is 4.79 Å². The molecule has 1 aliphatic carbocycles. The maximum atomic E-state index is 12.5. The van der Waals surface area contributed by atoms with E-state index >= 15 is 0 Å². The summed E-state index contributed by atoms with van der Waals surface area (Å²) in [4.78, 5) is 29.9. The molecule has 146 valence electrons. The van der Waals surface area contributed by atoms with E-state index in [-0.39, 0.29) is 29.6 Å². The molecule has 6 nitrogen and oxygen atoms in total. The predicted octanol–water partition coefficient (Wildman–Crippen LogP) is 2.89. The summed E-state index contributed by atoms with van der Waals surface area (Å²) in [5.41, 5.74) is 1.82. The zero-order valence-electron chi connectivity index (χ0n) is 15.9. The Morgan fingerprint density at radius 1 is 1.37 bits per heavy atom. The van der Waals surface area contributed by atoms with Crippen LogP contribution in [0.5, 0.6) is 0 Å². The molecule has 1 amide bonds. The summed E-state index contributed by atoms with van der Waals surface area (Å²) in [6.07, 6.45) is 2.92. The number of likely N-dealkylation sites (tertiary alicyclic amines) is 1. The number of carbonyl (C=O) groups is 1. The number of piperidine rings is 1. The lowest BCUT2D eigenvalue weighted by Gasteiger charge is -2.34. The second kappa shape index (κ2) is 7.43. The number of rotatable bonds is 5. The fraction of sp³-hybridized carbons (Fsp3) is 0.600. The molecule has 1 aliphatic heterocycles. The van der Waals surface area contributed by atoms with Crippen molar-refractivity contribution in [1.82, 2.24) is 19.8 Å². The first kappa shape index (κ1) is 18.7. The minimum Gasteiger partial charge on any atom is -0.352 e. The smallest absolute Gasteiger partial charge is 0.326 e. The molecule has 1 aromatic carbocycles. The van der Waals surface area contributed by atoms with E-state index < -0.39 is 0 Å². The maximum absolute atomic E-state index is 12.5. The number of nitrogens with zero attached hydrogens (tertiary/aromatic N) is 2. The van der Waals surface area contributed by atoms with E-state index in [2.05, 4.69) is 45.0 Å². The average molecular weight is 435 g/mol. The molecule has 1 aromatic heterocycles. The summed E-state index contributed by atoms with van der Waals surface area (Å²) in [5, 5.41) is 3.15. The van der Waals surface area contributed by atoms with Crippen LogP contribution in [-0.2, 0) is 4.79 Å². The van der Waals surface area contributed by atoms with Crippen LogP contribution in [0.1, 0.15) is 39.2 Å². The highest BCUT2D eigenvalue weighted by Crippen LogP contribution is 2.37. The number of nitrogens with one attached hydrogen (secondary N) is 2. The lowest BCUT2D eigenvalue weighted by atomic mass is 10.0. The third kappa shape index (κ3) is 3.99. The van der Waals surface area contributed by atoms with Crippen LogP contribution in [0.3, 0.4) is 0 Å². The van der Waals surface area contributed by atoms with Gasteiger partial charge in [-0.25, -0.2) is 4.79 Å². The lowest BCUT2D eigenvalue weighted by molar-refractivity contribution is -0.123.